The van der Waals surface area contributed by atoms with Crippen molar-refractivity contribution in [1.29, 1.82) is 0 Å². The van der Waals surface area contributed by atoms with Gasteiger partial charge in [-0.2, -0.15) is 0 Å². The first kappa shape index (κ1) is 31.0. The molecule has 0 aliphatic carbocycles. The molecule has 3 aromatic rings. The van der Waals surface area contributed by atoms with Crippen molar-refractivity contribution in [1.82, 2.24) is 20.6 Å². The number of pyridine rings is 1. The number of hydrogen-bond donors (Lipinski definition) is 4. The highest BCUT2D eigenvalue weighted by Gasteiger charge is 2.32. The molecule has 1 amide bonds. The Bertz CT molecular complexity index is 1270. The summed E-state index contributed by atoms with van der Waals surface area (Å²) >= 11 is 6.36. The Hall–Kier alpha value is -3.49. The lowest BCUT2D eigenvalue weighted by molar-refractivity contribution is 0.0942. The van der Waals surface area contributed by atoms with Crippen molar-refractivity contribution in [3.8, 4) is 22.8 Å². The summed E-state index contributed by atoms with van der Waals surface area (Å²) < 4.78 is 11.8. The number of aromatic nitrogens is 2. The van der Waals surface area contributed by atoms with Gasteiger partial charge in [-0.05, 0) is 37.6 Å². The molecule has 2 aliphatic rings. The standard InChI is InChI=1S/C25H28ClN5O3.C4H8.C2H6/c1-14-10-29-25(32)20-21(14)31-22(23(20)30-18-5-3-4-17(26)24(18)33-2)16-7-9-28-12-19(16)34-13-15-6-8-27-11-15;1-3-4-2;1-2/h3-5,7,9,12,14-15,27,30-31H,6,8,10-11,13H2,1-2H3,(H,29,32);3H,1,4H2,2H3;1-2H3/t14?,15-;;/m1../s1. The Morgan fingerprint density at radius 2 is 2.02 bits per heavy atom. The van der Waals surface area contributed by atoms with Crippen LogP contribution in [0.5, 0.6) is 11.5 Å². The monoisotopic (exact) mass is 567 g/mol. The SMILES string of the molecule is C=CCC.CC.COc1c(Cl)cccc1Nc1c(-c2ccncc2OC[C@@H]2CCNC2)[nH]c2c1C(=O)NCC2C. The zero-order valence-corrected chi connectivity index (χ0v) is 25.0. The van der Waals surface area contributed by atoms with E-state index in [4.69, 9.17) is 21.1 Å². The minimum Gasteiger partial charge on any atom is -0.493 e. The van der Waals surface area contributed by atoms with E-state index in [2.05, 4.69) is 46.3 Å². The first-order valence-corrected chi connectivity index (χ1v) is 14.4. The molecule has 2 aliphatic heterocycles. The van der Waals surface area contributed by atoms with Gasteiger partial charge in [-0.15, -0.1) is 6.58 Å². The largest absolute Gasteiger partial charge is 0.493 e. The van der Waals surface area contributed by atoms with Crippen molar-refractivity contribution < 1.29 is 14.3 Å². The number of nitrogens with zero attached hydrogens (tertiary/aromatic N) is 1. The van der Waals surface area contributed by atoms with E-state index in [-0.39, 0.29) is 11.8 Å². The highest BCUT2D eigenvalue weighted by molar-refractivity contribution is 6.32. The van der Waals surface area contributed by atoms with Crippen molar-refractivity contribution in [3.63, 3.8) is 0 Å². The quantitative estimate of drug-likeness (QED) is 0.220. The van der Waals surface area contributed by atoms with Gasteiger partial charge in [0.25, 0.3) is 5.91 Å². The van der Waals surface area contributed by atoms with Gasteiger partial charge in [0, 0.05) is 42.4 Å². The van der Waals surface area contributed by atoms with Crippen molar-refractivity contribution in [2.45, 2.75) is 46.5 Å². The summed E-state index contributed by atoms with van der Waals surface area (Å²) in [6.07, 6.45) is 7.50. The second kappa shape index (κ2) is 15.3. The van der Waals surface area contributed by atoms with E-state index in [1.165, 1.54) is 0 Å². The molecule has 0 spiro atoms. The number of benzene rings is 1. The normalized spacial score (nSPS) is 17.3. The van der Waals surface area contributed by atoms with E-state index < -0.39 is 0 Å². The molecule has 1 fully saturated rings. The third-order valence-electron chi connectivity index (χ3n) is 6.73. The van der Waals surface area contributed by atoms with E-state index in [0.717, 1.165) is 42.9 Å². The molecule has 40 heavy (non-hydrogen) atoms. The molecule has 1 aromatic carbocycles. The number of allylic oxidation sites excluding steroid dienone is 1. The van der Waals surface area contributed by atoms with Gasteiger partial charge in [0.05, 0.1) is 47.6 Å². The van der Waals surface area contributed by atoms with Crippen LogP contribution in [0.25, 0.3) is 11.3 Å². The van der Waals surface area contributed by atoms with Crippen molar-refractivity contribution in [3.05, 3.63) is 65.6 Å². The van der Waals surface area contributed by atoms with Gasteiger partial charge in [0.1, 0.15) is 5.75 Å². The third-order valence-corrected chi connectivity index (χ3v) is 7.03. The van der Waals surface area contributed by atoms with Gasteiger partial charge in [-0.3, -0.25) is 9.78 Å². The smallest absolute Gasteiger partial charge is 0.255 e. The predicted molar refractivity (Wildman–Crippen MR) is 164 cm³/mol. The van der Waals surface area contributed by atoms with Crippen LogP contribution < -0.4 is 25.4 Å². The first-order chi connectivity index (χ1) is 19.5. The predicted octanol–water partition coefficient (Wildman–Crippen LogP) is 6.93. The highest BCUT2D eigenvalue weighted by Crippen LogP contribution is 2.44. The first-order valence-electron chi connectivity index (χ1n) is 14.0. The molecule has 4 N–H and O–H groups in total. The van der Waals surface area contributed by atoms with E-state index in [1.54, 1.807) is 25.6 Å². The van der Waals surface area contributed by atoms with Crippen LogP contribution in [0.3, 0.4) is 0 Å². The number of anilines is 2. The number of carbonyl (C=O) groups is 1. The molecule has 2 aromatic heterocycles. The Labute approximate surface area is 242 Å². The number of nitrogens with one attached hydrogen (secondary N) is 4. The molecule has 4 heterocycles. The second-order valence-corrected chi connectivity index (χ2v) is 9.87. The van der Waals surface area contributed by atoms with E-state index in [0.29, 0.717) is 52.5 Å². The highest BCUT2D eigenvalue weighted by atomic mass is 35.5. The Morgan fingerprint density at radius 3 is 2.70 bits per heavy atom. The number of ether oxygens (including phenoxy) is 2. The van der Waals surface area contributed by atoms with Crippen LogP contribution in [0.4, 0.5) is 11.4 Å². The molecular weight excluding hydrogens is 526 g/mol. The number of H-pyrrole nitrogens is 1. The van der Waals surface area contributed by atoms with Crippen LogP contribution >= 0.6 is 11.6 Å². The number of para-hydroxylation sites is 1. The average molecular weight is 568 g/mol. The average Bonchev–Trinajstić information content (AvgIpc) is 3.64. The maximum Gasteiger partial charge on any atom is 0.255 e. The molecule has 1 saturated heterocycles. The topological polar surface area (TPSA) is 100 Å². The number of hydrogen-bond acceptors (Lipinski definition) is 6. The summed E-state index contributed by atoms with van der Waals surface area (Å²) in [5, 5.41) is 10.3. The maximum absolute atomic E-state index is 13.0. The van der Waals surface area contributed by atoms with Crippen molar-refractivity contribution in [2.24, 2.45) is 5.92 Å². The summed E-state index contributed by atoms with van der Waals surface area (Å²) in [6.45, 7) is 14.8. The van der Waals surface area contributed by atoms with Crippen molar-refractivity contribution >= 4 is 28.9 Å². The number of rotatable bonds is 8. The second-order valence-electron chi connectivity index (χ2n) is 9.46. The fraction of sp³-hybridized carbons (Fsp3) is 0.419. The van der Waals surface area contributed by atoms with Crippen LogP contribution in [0, 0.1) is 5.92 Å². The number of amides is 1. The van der Waals surface area contributed by atoms with Gasteiger partial charge >= 0.3 is 0 Å². The van der Waals surface area contributed by atoms with Gasteiger partial charge in [0.2, 0.25) is 0 Å². The van der Waals surface area contributed by atoms with Gasteiger partial charge in [-0.1, -0.05) is 51.4 Å². The van der Waals surface area contributed by atoms with Crippen LogP contribution in [0.2, 0.25) is 5.02 Å². The zero-order valence-electron chi connectivity index (χ0n) is 24.2. The van der Waals surface area contributed by atoms with Gasteiger partial charge < -0.3 is 30.4 Å². The maximum atomic E-state index is 13.0. The van der Waals surface area contributed by atoms with E-state index in [9.17, 15) is 4.79 Å². The van der Waals surface area contributed by atoms with Gasteiger partial charge in [0.15, 0.2) is 5.75 Å². The lowest BCUT2D eigenvalue weighted by atomic mass is 9.98. The van der Waals surface area contributed by atoms with Crippen LogP contribution in [-0.2, 0) is 0 Å². The Morgan fingerprint density at radius 1 is 1.25 bits per heavy atom. The lowest BCUT2D eigenvalue weighted by Gasteiger charge is -2.20. The zero-order chi connectivity index (χ0) is 29.1. The van der Waals surface area contributed by atoms with E-state index in [1.807, 2.05) is 38.1 Å². The molecule has 5 rings (SSSR count). The van der Waals surface area contributed by atoms with Crippen molar-refractivity contribution in [2.75, 3.05) is 38.7 Å². The van der Waals surface area contributed by atoms with Crippen LogP contribution in [-0.4, -0.2) is 49.2 Å². The van der Waals surface area contributed by atoms with Crippen LogP contribution in [0.15, 0.2) is 49.3 Å². The summed E-state index contributed by atoms with van der Waals surface area (Å²) in [5.74, 6) is 1.63. The van der Waals surface area contributed by atoms with Gasteiger partial charge in [-0.25, -0.2) is 0 Å². The van der Waals surface area contributed by atoms with Crippen LogP contribution in [0.1, 0.15) is 62.5 Å². The fourth-order valence-electron chi connectivity index (χ4n) is 4.60. The molecule has 9 heteroatoms. The Kier molecular flexibility index (Phi) is 11.9. The molecule has 8 nitrogen and oxygen atoms in total. The summed E-state index contributed by atoms with van der Waals surface area (Å²) in [7, 11) is 1.57. The summed E-state index contributed by atoms with van der Waals surface area (Å²) in [5.41, 5.74) is 4.37. The number of halogens is 1. The number of carbonyl (C=O) groups excluding carboxylic acids is 1. The summed E-state index contributed by atoms with van der Waals surface area (Å²) in [6, 6.07) is 7.38. The Balaban J connectivity index is 0.000000677. The molecular formula is C31H42ClN5O3. The molecule has 0 radical (unpaired) electrons. The number of methoxy groups -OCH3 is 1. The fourth-order valence-corrected chi connectivity index (χ4v) is 4.85. The number of aromatic amines is 1. The molecule has 0 bridgehead atoms. The molecule has 0 saturated carbocycles. The number of fused-ring (bicyclic) bond motifs is 1. The summed E-state index contributed by atoms with van der Waals surface area (Å²) in [4.78, 5) is 20.8. The molecule has 216 valence electrons. The molecule has 1 unspecified atom stereocenters. The minimum absolute atomic E-state index is 0.124. The minimum atomic E-state index is -0.132. The lowest BCUT2D eigenvalue weighted by Crippen LogP contribution is -2.33. The third kappa shape index (κ3) is 7.17. The molecule has 2 atom stereocenters. The van der Waals surface area contributed by atoms with E-state index >= 15 is 0 Å².